The Morgan fingerprint density at radius 1 is 1.00 bits per heavy atom. The molecule has 0 radical (unpaired) electrons. The lowest BCUT2D eigenvalue weighted by Gasteiger charge is -2.33. The second-order valence-electron chi connectivity index (χ2n) is 8.21. The Morgan fingerprint density at radius 3 is 2.14 bits per heavy atom. The number of hydrogen-bond donors (Lipinski definition) is 1. The molecule has 1 fully saturated rings. The summed E-state index contributed by atoms with van der Waals surface area (Å²) in [6, 6.07) is 15.6. The Balaban J connectivity index is 2.07. The number of ether oxygens (including phenoxy) is 2. The van der Waals surface area contributed by atoms with Crippen LogP contribution in [0.1, 0.15) is 50.4 Å². The molecule has 3 atom stereocenters. The Kier molecular flexibility index (Phi) is 5.82. The van der Waals surface area contributed by atoms with Crippen molar-refractivity contribution in [2.45, 2.75) is 44.9 Å². The van der Waals surface area contributed by atoms with Gasteiger partial charge in [-0.3, -0.25) is 9.69 Å². The first-order valence-electron chi connectivity index (χ1n) is 9.64. The van der Waals surface area contributed by atoms with Gasteiger partial charge >= 0.3 is 12.1 Å². The number of carboxylic acid groups (broad SMARTS) is 1. The monoisotopic (exact) mass is 397 g/mol. The fourth-order valence-corrected chi connectivity index (χ4v) is 3.83. The zero-order chi connectivity index (χ0) is 21.2. The summed E-state index contributed by atoms with van der Waals surface area (Å²) in [5.41, 5.74) is 0.937. The van der Waals surface area contributed by atoms with E-state index in [0.717, 1.165) is 11.1 Å². The number of hydrogen-bond acceptors (Lipinski definition) is 4. The first-order valence-corrected chi connectivity index (χ1v) is 9.64. The SMILES string of the molecule is COc1ccc([C@H]2C[C@@H](C(=O)O)C(c3ccccc3)N2C(=O)OC(C)(C)C)cc1. The third kappa shape index (κ3) is 4.53. The predicted molar refractivity (Wildman–Crippen MR) is 109 cm³/mol. The van der Waals surface area contributed by atoms with Crippen LogP contribution in [0.2, 0.25) is 0 Å². The second kappa shape index (κ2) is 8.15. The molecule has 1 unspecified atom stereocenters. The predicted octanol–water partition coefficient (Wildman–Crippen LogP) is 4.82. The number of nitrogens with zero attached hydrogens (tertiary/aromatic N) is 1. The molecule has 1 N–H and O–H groups in total. The maximum atomic E-state index is 13.2. The van der Waals surface area contributed by atoms with Crippen molar-refractivity contribution in [1.82, 2.24) is 4.90 Å². The first kappa shape index (κ1) is 20.7. The van der Waals surface area contributed by atoms with Gasteiger partial charge in [0.1, 0.15) is 11.4 Å². The van der Waals surface area contributed by atoms with Crippen LogP contribution in [0.15, 0.2) is 54.6 Å². The summed E-state index contributed by atoms with van der Waals surface area (Å²) in [6.07, 6.45) is -0.212. The third-order valence-corrected chi connectivity index (χ3v) is 5.06. The van der Waals surface area contributed by atoms with Gasteiger partial charge in [0.25, 0.3) is 0 Å². The van der Waals surface area contributed by atoms with E-state index in [0.29, 0.717) is 12.2 Å². The highest BCUT2D eigenvalue weighted by Gasteiger charge is 2.49. The van der Waals surface area contributed by atoms with Gasteiger partial charge in [0.05, 0.1) is 25.1 Å². The van der Waals surface area contributed by atoms with Crippen molar-refractivity contribution < 1.29 is 24.2 Å². The van der Waals surface area contributed by atoms with E-state index in [2.05, 4.69) is 0 Å². The molecule has 0 bridgehead atoms. The number of carboxylic acids is 1. The maximum absolute atomic E-state index is 13.2. The Morgan fingerprint density at radius 2 is 1.62 bits per heavy atom. The van der Waals surface area contributed by atoms with Gasteiger partial charge in [0.15, 0.2) is 0 Å². The molecule has 1 saturated heterocycles. The second-order valence-corrected chi connectivity index (χ2v) is 8.21. The molecule has 0 saturated carbocycles. The molecule has 154 valence electrons. The summed E-state index contributed by atoms with van der Waals surface area (Å²) in [4.78, 5) is 26.9. The molecule has 6 heteroatoms. The van der Waals surface area contributed by atoms with E-state index < -0.39 is 35.7 Å². The lowest BCUT2D eigenvalue weighted by atomic mass is 9.92. The van der Waals surface area contributed by atoms with E-state index in [4.69, 9.17) is 9.47 Å². The quantitative estimate of drug-likeness (QED) is 0.800. The molecular weight excluding hydrogens is 370 g/mol. The van der Waals surface area contributed by atoms with Crippen molar-refractivity contribution >= 4 is 12.1 Å². The number of carbonyl (C=O) groups excluding carboxylic acids is 1. The number of benzene rings is 2. The highest BCUT2D eigenvalue weighted by atomic mass is 16.6. The average molecular weight is 397 g/mol. The van der Waals surface area contributed by atoms with E-state index >= 15 is 0 Å². The van der Waals surface area contributed by atoms with Crippen molar-refractivity contribution in [2.24, 2.45) is 5.92 Å². The Hall–Kier alpha value is -3.02. The normalized spacial score (nSPS) is 21.7. The summed E-state index contributed by atoms with van der Waals surface area (Å²) >= 11 is 0. The molecule has 0 spiro atoms. The van der Waals surface area contributed by atoms with Gasteiger partial charge in [0.2, 0.25) is 0 Å². The molecule has 1 aliphatic heterocycles. The van der Waals surface area contributed by atoms with Gasteiger partial charge in [-0.25, -0.2) is 4.79 Å². The molecule has 6 nitrogen and oxygen atoms in total. The molecule has 1 heterocycles. The largest absolute Gasteiger partial charge is 0.497 e. The minimum Gasteiger partial charge on any atom is -0.497 e. The van der Waals surface area contributed by atoms with Crippen LogP contribution in [-0.2, 0) is 9.53 Å². The van der Waals surface area contributed by atoms with Gasteiger partial charge in [-0.15, -0.1) is 0 Å². The zero-order valence-electron chi connectivity index (χ0n) is 17.2. The molecule has 0 aliphatic carbocycles. The molecule has 2 aromatic rings. The van der Waals surface area contributed by atoms with Gasteiger partial charge in [-0.05, 0) is 50.5 Å². The van der Waals surface area contributed by atoms with Gasteiger partial charge in [-0.1, -0.05) is 42.5 Å². The molecule has 29 heavy (non-hydrogen) atoms. The van der Waals surface area contributed by atoms with Crippen molar-refractivity contribution in [1.29, 1.82) is 0 Å². The molecule has 3 rings (SSSR count). The van der Waals surface area contributed by atoms with Crippen LogP contribution in [0.3, 0.4) is 0 Å². The van der Waals surface area contributed by atoms with Crippen LogP contribution in [-0.4, -0.2) is 34.8 Å². The van der Waals surface area contributed by atoms with Crippen molar-refractivity contribution in [2.75, 3.05) is 7.11 Å². The van der Waals surface area contributed by atoms with Crippen LogP contribution < -0.4 is 4.74 Å². The van der Waals surface area contributed by atoms with Crippen LogP contribution in [0, 0.1) is 5.92 Å². The van der Waals surface area contributed by atoms with E-state index in [1.165, 1.54) is 0 Å². The fourth-order valence-electron chi connectivity index (χ4n) is 3.83. The lowest BCUT2D eigenvalue weighted by molar-refractivity contribution is -0.142. The highest BCUT2D eigenvalue weighted by molar-refractivity contribution is 5.76. The third-order valence-electron chi connectivity index (χ3n) is 5.06. The van der Waals surface area contributed by atoms with Crippen molar-refractivity contribution in [3.05, 3.63) is 65.7 Å². The average Bonchev–Trinajstić information content (AvgIpc) is 3.08. The summed E-state index contributed by atoms with van der Waals surface area (Å²) < 4.78 is 10.9. The van der Waals surface area contributed by atoms with Gasteiger partial charge < -0.3 is 14.6 Å². The number of aliphatic carboxylic acids is 1. The van der Waals surface area contributed by atoms with E-state index in [1.807, 2.05) is 54.6 Å². The summed E-state index contributed by atoms with van der Waals surface area (Å²) in [7, 11) is 1.59. The fraction of sp³-hybridized carbons (Fsp3) is 0.391. The van der Waals surface area contributed by atoms with Crippen LogP contribution in [0.4, 0.5) is 4.79 Å². The highest BCUT2D eigenvalue weighted by Crippen LogP contribution is 2.48. The van der Waals surface area contributed by atoms with Crippen LogP contribution in [0.25, 0.3) is 0 Å². The van der Waals surface area contributed by atoms with Gasteiger partial charge in [-0.2, -0.15) is 0 Å². The smallest absolute Gasteiger partial charge is 0.411 e. The number of rotatable bonds is 4. The van der Waals surface area contributed by atoms with Gasteiger partial charge in [0, 0.05) is 0 Å². The van der Waals surface area contributed by atoms with Crippen molar-refractivity contribution in [3.8, 4) is 5.75 Å². The first-order chi connectivity index (χ1) is 13.7. The number of methoxy groups -OCH3 is 1. The maximum Gasteiger partial charge on any atom is 0.411 e. The van der Waals surface area contributed by atoms with E-state index in [9.17, 15) is 14.7 Å². The molecule has 0 aromatic heterocycles. The number of likely N-dealkylation sites (tertiary alicyclic amines) is 1. The van der Waals surface area contributed by atoms with Crippen molar-refractivity contribution in [3.63, 3.8) is 0 Å². The minimum absolute atomic E-state index is 0.306. The topological polar surface area (TPSA) is 76.1 Å². The molecule has 1 aliphatic rings. The molecular formula is C23H27NO5. The number of carbonyl (C=O) groups is 2. The number of amides is 1. The van der Waals surface area contributed by atoms with E-state index in [1.54, 1.807) is 32.8 Å². The summed E-state index contributed by atoms with van der Waals surface area (Å²) in [6.45, 7) is 5.40. The molecule has 1 amide bonds. The Labute approximate surface area is 171 Å². The van der Waals surface area contributed by atoms with Crippen LogP contribution in [0.5, 0.6) is 5.75 Å². The summed E-state index contributed by atoms with van der Waals surface area (Å²) in [5, 5.41) is 9.93. The molecule has 2 aromatic carbocycles. The van der Waals surface area contributed by atoms with E-state index in [-0.39, 0.29) is 0 Å². The minimum atomic E-state index is -0.927. The lowest BCUT2D eigenvalue weighted by Crippen LogP contribution is -2.39. The summed E-state index contributed by atoms with van der Waals surface area (Å²) in [5.74, 6) is -0.967. The standard InChI is InChI=1S/C23H27NO5/c1-23(2,3)29-22(27)24-19(15-10-12-17(28-4)13-11-15)14-18(21(25)26)20(24)16-8-6-5-7-9-16/h5-13,18-20H,14H2,1-4H3,(H,25,26)/t18-,19-,20?/m1/s1. The van der Waals surface area contributed by atoms with Crippen LogP contribution >= 0.6 is 0 Å². The Bertz CT molecular complexity index is 857. The zero-order valence-corrected chi connectivity index (χ0v) is 17.2.